The van der Waals surface area contributed by atoms with E-state index in [4.69, 9.17) is 0 Å². The van der Waals surface area contributed by atoms with Crippen molar-refractivity contribution in [1.29, 1.82) is 0 Å². The lowest BCUT2D eigenvalue weighted by Crippen LogP contribution is -2.35. The van der Waals surface area contributed by atoms with Gasteiger partial charge in [-0.2, -0.15) is 18.2 Å². The minimum atomic E-state index is -4.24. The molecule has 0 spiro atoms. The number of anilines is 2. The summed E-state index contributed by atoms with van der Waals surface area (Å²) in [5, 5.41) is 2.96. The Morgan fingerprint density at radius 2 is 2.00 bits per heavy atom. The molecule has 0 radical (unpaired) electrons. The zero-order chi connectivity index (χ0) is 14.3. The maximum Gasteiger partial charge on any atom is 0.405 e. The van der Waals surface area contributed by atoms with Crippen LogP contribution in [-0.2, 0) is 0 Å². The van der Waals surface area contributed by atoms with Gasteiger partial charge in [-0.3, -0.25) is 0 Å². The van der Waals surface area contributed by atoms with E-state index in [9.17, 15) is 13.2 Å². The molecule has 0 amide bonds. The van der Waals surface area contributed by atoms with Gasteiger partial charge in [0.05, 0.1) is 0 Å². The molecule has 1 heterocycles. The predicted molar refractivity (Wildman–Crippen MR) is 69.4 cm³/mol. The maximum absolute atomic E-state index is 12.5. The molecule has 0 aliphatic carbocycles. The summed E-state index contributed by atoms with van der Waals surface area (Å²) in [4.78, 5) is 9.32. The maximum atomic E-state index is 12.5. The first-order valence-corrected chi connectivity index (χ1v) is 6.35. The Hall–Kier alpha value is -1.53. The number of nitrogens with zero attached hydrogens (tertiary/aromatic N) is 3. The number of halogens is 3. The van der Waals surface area contributed by atoms with Crippen molar-refractivity contribution >= 4 is 11.8 Å². The highest BCUT2D eigenvalue weighted by Gasteiger charge is 2.31. The van der Waals surface area contributed by atoms with Crippen LogP contribution in [0.25, 0.3) is 0 Å². The fraction of sp³-hybridized carbons (Fsp3) is 0.667. The summed E-state index contributed by atoms with van der Waals surface area (Å²) >= 11 is 0. The fourth-order valence-corrected chi connectivity index (χ4v) is 1.61. The number of hydrogen-bond acceptors (Lipinski definition) is 4. The monoisotopic (exact) mass is 276 g/mol. The van der Waals surface area contributed by atoms with E-state index in [2.05, 4.69) is 15.3 Å². The van der Waals surface area contributed by atoms with Crippen LogP contribution >= 0.6 is 0 Å². The van der Waals surface area contributed by atoms with E-state index in [1.165, 1.54) is 17.2 Å². The first-order valence-electron chi connectivity index (χ1n) is 6.35. The molecule has 108 valence electrons. The van der Waals surface area contributed by atoms with Crippen LogP contribution in [0, 0.1) is 0 Å². The molecule has 7 heteroatoms. The molecule has 1 aromatic rings. The van der Waals surface area contributed by atoms with Crippen LogP contribution in [0.3, 0.4) is 0 Å². The van der Waals surface area contributed by atoms with E-state index in [0.717, 1.165) is 6.42 Å². The summed E-state index contributed by atoms with van der Waals surface area (Å²) in [5.74, 6) is 0.662. The SMILES string of the molecule is CCCNc1nccc(N(CCC)CC(F)(F)F)n1. The molecular weight excluding hydrogens is 257 g/mol. The summed E-state index contributed by atoms with van der Waals surface area (Å²) in [6, 6.07) is 1.50. The van der Waals surface area contributed by atoms with E-state index in [1.807, 2.05) is 13.8 Å². The third-order valence-electron chi connectivity index (χ3n) is 2.36. The fourth-order valence-electron chi connectivity index (χ4n) is 1.61. The van der Waals surface area contributed by atoms with Gasteiger partial charge >= 0.3 is 6.18 Å². The largest absolute Gasteiger partial charge is 0.405 e. The summed E-state index contributed by atoms with van der Waals surface area (Å²) in [7, 11) is 0. The first kappa shape index (κ1) is 15.5. The second-order valence-corrected chi connectivity index (χ2v) is 4.20. The van der Waals surface area contributed by atoms with Crippen molar-refractivity contribution in [3.05, 3.63) is 12.3 Å². The van der Waals surface area contributed by atoms with E-state index >= 15 is 0 Å². The Labute approximate surface area is 111 Å². The van der Waals surface area contributed by atoms with Crippen LogP contribution in [-0.4, -0.2) is 35.8 Å². The summed E-state index contributed by atoms with van der Waals surface area (Å²) < 4.78 is 37.6. The highest BCUT2D eigenvalue weighted by molar-refractivity contribution is 5.42. The molecule has 1 aromatic heterocycles. The van der Waals surface area contributed by atoms with Crippen molar-refractivity contribution in [2.75, 3.05) is 29.9 Å². The standard InChI is InChI=1S/C12H19F3N4/c1-3-6-16-11-17-7-5-10(18-11)19(8-4-2)9-12(13,14)15/h5,7H,3-4,6,8-9H2,1-2H3,(H,16,17,18). The Morgan fingerprint density at radius 1 is 1.26 bits per heavy atom. The topological polar surface area (TPSA) is 41.1 Å². The van der Waals surface area contributed by atoms with Crippen molar-refractivity contribution in [1.82, 2.24) is 9.97 Å². The average molecular weight is 276 g/mol. The Morgan fingerprint density at radius 3 is 2.58 bits per heavy atom. The quantitative estimate of drug-likeness (QED) is 0.831. The summed E-state index contributed by atoms with van der Waals surface area (Å²) in [6.45, 7) is 3.83. The van der Waals surface area contributed by atoms with Gasteiger partial charge in [-0.25, -0.2) is 4.98 Å². The Bertz CT molecular complexity index is 381. The van der Waals surface area contributed by atoms with E-state index in [1.54, 1.807) is 0 Å². The van der Waals surface area contributed by atoms with Gasteiger partial charge < -0.3 is 10.2 Å². The van der Waals surface area contributed by atoms with Crippen LogP contribution in [0.15, 0.2) is 12.3 Å². The average Bonchev–Trinajstić information content (AvgIpc) is 2.35. The lowest BCUT2D eigenvalue weighted by atomic mass is 10.3. The van der Waals surface area contributed by atoms with Crippen LogP contribution in [0.4, 0.5) is 24.9 Å². The second kappa shape index (κ2) is 7.16. The minimum absolute atomic E-state index is 0.299. The molecule has 0 atom stereocenters. The van der Waals surface area contributed by atoms with Gasteiger partial charge in [0.25, 0.3) is 0 Å². The smallest absolute Gasteiger partial charge is 0.354 e. The summed E-state index contributed by atoms with van der Waals surface area (Å²) in [5.41, 5.74) is 0. The van der Waals surface area contributed by atoms with Crippen molar-refractivity contribution in [3.8, 4) is 0 Å². The molecular formula is C12H19F3N4. The van der Waals surface area contributed by atoms with Gasteiger partial charge in [-0.1, -0.05) is 13.8 Å². The molecule has 0 unspecified atom stereocenters. The number of alkyl halides is 3. The summed E-state index contributed by atoms with van der Waals surface area (Å²) in [6.07, 6.45) is -1.25. The van der Waals surface area contributed by atoms with Crippen LogP contribution < -0.4 is 10.2 Å². The van der Waals surface area contributed by atoms with Crippen molar-refractivity contribution in [3.63, 3.8) is 0 Å². The van der Waals surface area contributed by atoms with Gasteiger partial charge in [-0.05, 0) is 18.9 Å². The van der Waals surface area contributed by atoms with Gasteiger partial charge in [0.2, 0.25) is 5.95 Å². The zero-order valence-corrected chi connectivity index (χ0v) is 11.2. The van der Waals surface area contributed by atoms with Crippen LogP contribution in [0.1, 0.15) is 26.7 Å². The van der Waals surface area contributed by atoms with Crippen LogP contribution in [0.2, 0.25) is 0 Å². The third kappa shape index (κ3) is 5.76. The molecule has 19 heavy (non-hydrogen) atoms. The van der Waals surface area contributed by atoms with Crippen molar-refractivity contribution in [2.45, 2.75) is 32.9 Å². The zero-order valence-electron chi connectivity index (χ0n) is 11.2. The molecule has 1 N–H and O–H groups in total. The third-order valence-corrected chi connectivity index (χ3v) is 2.36. The molecule has 0 aliphatic rings. The first-order chi connectivity index (χ1) is 8.96. The Balaban J connectivity index is 2.83. The molecule has 0 saturated heterocycles. The molecule has 0 aliphatic heterocycles. The molecule has 0 bridgehead atoms. The highest BCUT2D eigenvalue weighted by atomic mass is 19.4. The van der Waals surface area contributed by atoms with Gasteiger partial charge in [0.1, 0.15) is 12.4 Å². The minimum Gasteiger partial charge on any atom is -0.354 e. The highest BCUT2D eigenvalue weighted by Crippen LogP contribution is 2.21. The van der Waals surface area contributed by atoms with E-state index < -0.39 is 12.7 Å². The van der Waals surface area contributed by atoms with E-state index in [-0.39, 0.29) is 0 Å². The lowest BCUT2D eigenvalue weighted by molar-refractivity contribution is -0.119. The van der Waals surface area contributed by atoms with Gasteiger partial charge in [0.15, 0.2) is 0 Å². The Kier molecular flexibility index (Phi) is 5.85. The number of nitrogens with one attached hydrogen (secondary N) is 1. The molecule has 0 aromatic carbocycles. The van der Waals surface area contributed by atoms with Crippen LogP contribution in [0.5, 0.6) is 0 Å². The van der Waals surface area contributed by atoms with Gasteiger partial charge in [0, 0.05) is 19.3 Å². The lowest BCUT2D eigenvalue weighted by Gasteiger charge is -2.24. The molecule has 4 nitrogen and oxygen atoms in total. The number of hydrogen-bond donors (Lipinski definition) is 1. The van der Waals surface area contributed by atoms with E-state index in [0.29, 0.717) is 31.3 Å². The second-order valence-electron chi connectivity index (χ2n) is 4.20. The number of aromatic nitrogens is 2. The van der Waals surface area contributed by atoms with Crippen molar-refractivity contribution in [2.24, 2.45) is 0 Å². The normalized spacial score (nSPS) is 11.4. The molecule has 0 saturated carbocycles. The predicted octanol–water partition coefficient (Wildman–Crippen LogP) is 3.08. The molecule has 1 rings (SSSR count). The molecule has 0 fully saturated rings. The number of rotatable bonds is 7. The van der Waals surface area contributed by atoms with Gasteiger partial charge in [-0.15, -0.1) is 0 Å². The van der Waals surface area contributed by atoms with Crippen molar-refractivity contribution < 1.29 is 13.2 Å².